The van der Waals surface area contributed by atoms with Gasteiger partial charge in [-0.1, -0.05) is 36.4 Å². The summed E-state index contributed by atoms with van der Waals surface area (Å²) in [5.74, 6) is 0. The molecule has 3 heterocycles. The van der Waals surface area contributed by atoms with Crippen molar-refractivity contribution in [2.75, 3.05) is 0 Å². The maximum Gasteiger partial charge on any atom is 0.135 e. The zero-order valence-electron chi connectivity index (χ0n) is 16.6. The fourth-order valence-corrected chi connectivity index (χ4v) is 4.67. The predicted molar refractivity (Wildman–Crippen MR) is 125 cm³/mol. The van der Waals surface area contributed by atoms with E-state index in [-0.39, 0.29) is 0 Å². The molecule has 0 aliphatic rings. The van der Waals surface area contributed by atoms with Crippen molar-refractivity contribution in [3.63, 3.8) is 0 Å². The van der Waals surface area contributed by atoms with E-state index in [9.17, 15) is 0 Å². The van der Waals surface area contributed by atoms with Crippen LogP contribution in [0.25, 0.3) is 55.1 Å². The summed E-state index contributed by atoms with van der Waals surface area (Å²) in [6.45, 7) is 0. The average Bonchev–Trinajstić information content (AvgIpc) is 3.54. The Morgan fingerprint density at radius 3 is 1.87 bits per heavy atom. The molecule has 4 nitrogen and oxygen atoms in total. The van der Waals surface area contributed by atoms with Crippen LogP contribution in [0, 0.1) is 0 Å². The fraction of sp³-hybridized carbons (Fsp3) is 0. The van der Waals surface area contributed by atoms with Gasteiger partial charge in [-0.15, -0.1) is 0 Å². The quantitative estimate of drug-likeness (QED) is 0.318. The summed E-state index contributed by atoms with van der Waals surface area (Å²) in [6, 6.07) is 29.9. The Balaban J connectivity index is 1.53. The van der Waals surface area contributed by atoms with Gasteiger partial charge in [0.15, 0.2) is 0 Å². The fourth-order valence-electron chi connectivity index (χ4n) is 4.67. The number of para-hydroxylation sites is 2. The van der Waals surface area contributed by atoms with Crippen molar-refractivity contribution < 1.29 is 4.42 Å². The Morgan fingerprint density at radius 2 is 1.23 bits per heavy atom. The lowest BCUT2D eigenvalue weighted by molar-refractivity contribution is 0.669. The van der Waals surface area contributed by atoms with Crippen LogP contribution in [0.1, 0.15) is 0 Å². The minimum absolute atomic E-state index is 0.887. The average molecular weight is 399 g/mol. The molecule has 0 fully saturated rings. The highest BCUT2D eigenvalue weighted by Gasteiger charge is 2.14. The molecule has 3 aromatic heterocycles. The molecule has 0 unspecified atom stereocenters. The van der Waals surface area contributed by atoms with Gasteiger partial charge in [-0.2, -0.15) is 0 Å². The Kier molecular flexibility index (Phi) is 3.24. The molecule has 31 heavy (non-hydrogen) atoms. The summed E-state index contributed by atoms with van der Waals surface area (Å²) in [4.78, 5) is 4.17. The topological polar surface area (TPSA) is 35.9 Å². The van der Waals surface area contributed by atoms with Crippen LogP contribution in [0.15, 0.2) is 108 Å². The highest BCUT2D eigenvalue weighted by atomic mass is 16.3. The van der Waals surface area contributed by atoms with Gasteiger partial charge in [-0.3, -0.25) is 0 Å². The highest BCUT2D eigenvalue weighted by Crippen LogP contribution is 2.35. The van der Waals surface area contributed by atoms with E-state index in [4.69, 9.17) is 4.42 Å². The Hall–Kier alpha value is -4.31. The Bertz CT molecular complexity index is 1680. The summed E-state index contributed by atoms with van der Waals surface area (Å²) in [7, 11) is 0. The molecule has 4 aromatic carbocycles. The summed E-state index contributed by atoms with van der Waals surface area (Å²) < 4.78 is 10.5. The largest absolute Gasteiger partial charge is 0.456 e. The van der Waals surface area contributed by atoms with E-state index in [1.54, 1.807) is 6.20 Å². The van der Waals surface area contributed by atoms with Gasteiger partial charge in [0.25, 0.3) is 0 Å². The maximum absolute atomic E-state index is 6.14. The molecular weight excluding hydrogens is 382 g/mol. The molecule has 0 N–H and O–H groups in total. The lowest BCUT2D eigenvalue weighted by Gasteiger charge is -2.08. The van der Waals surface area contributed by atoms with E-state index in [1.165, 1.54) is 21.8 Å². The number of hydrogen-bond donors (Lipinski definition) is 0. The molecule has 0 spiro atoms. The van der Waals surface area contributed by atoms with Crippen LogP contribution in [-0.2, 0) is 0 Å². The molecule has 0 bridgehead atoms. The van der Waals surface area contributed by atoms with E-state index in [0.29, 0.717) is 0 Å². The molecular formula is C27H17N3O. The van der Waals surface area contributed by atoms with Gasteiger partial charge in [0.2, 0.25) is 0 Å². The normalized spacial score (nSPS) is 11.9. The van der Waals surface area contributed by atoms with Crippen molar-refractivity contribution in [2.24, 2.45) is 0 Å². The van der Waals surface area contributed by atoms with Gasteiger partial charge < -0.3 is 13.6 Å². The monoisotopic (exact) mass is 399 g/mol. The van der Waals surface area contributed by atoms with Crippen LogP contribution < -0.4 is 0 Å². The van der Waals surface area contributed by atoms with Gasteiger partial charge in [-0.05, 0) is 48.5 Å². The van der Waals surface area contributed by atoms with Crippen LogP contribution in [-0.4, -0.2) is 14.1 Å². The molecule has 0 amide bonds. The summed E-state index contributed by atoms with van der Waals surface area (Å²) in [5, 5.41) is 4.73. The van der Waals surface area contributed by atoms with Crippen molar-refractivity contribution in [1.82, 2.24) is 14.1 Å². The number of aromatic nitrogens is 3. The first-order valence-corrected chi connectivity index (χ1v) is 10.3. The first-order chi connectivity index (χ1) is 15.4. The molecule has 7 rings (SSSR count). The van der Waals surface area contributed by atoms with E-state index in [1.807, 2.05) is 23.2 Å². The third-order valence-corrected chi connectivity index (χ3v) is 6.08. The summed E-state index contributed by atoms with van der Waals surface area (Å²) >= 11 is 0. The SMILES string of the molecule is c1ccc2c(c1)c1ccccc1n2-c1ccc2oc3ccc(-n4ccnc4)cc3c2c1. The lowest BCUT2D eigenvalue weighted by atomic mass is 10.1. The summed E-state index contributed by atoms with van der Waals surface area (Å²) in [6.07, 6.45) is 5.55. The third-order valence-electron chi connectivity index (χ3n) is 6.08. The summed E-state index contributed by atoms with van der Waals surface area (Å²) in [5.41, 5.74) is 6.38. The highest BCUT2D eigenvalue weighted by molar-refractivity contribution is 6.10. The lowest BCUT2D eigenvalue weighted by Crippen LogP contribution is -1.93. The third kappa shape index (κ3) is 2.33. The van der Waals surface area contributed by atoms with Crippen LogP contribution in [0.3, 0.4) is 0 Å². The van der Waals surface area contributed by atoms with Gasteiger partial charge in [-0.25, -0.2) is 4.98 Å². The number of hydrogen-bond acceptors (Lipinski definition) is 2. The van der Waals surface area contributed by atoms with Gasteiger partial charge in [0, 0.05) is 45.3 Å². The molecule has 0 aliphatic carbocycles. The van der Waals surface area contributed by atoms with Crippen molar-refractivity contribution in [3.8, 4) is 11.4 Å². The van der Waals surface area contributed by atoms with E-state index < -0.39 is 0 Å². The number of fused-ring (bicyclic) bond motifs is 6. The van der Waals surface area contributed by atoms with Crippen LogP contribution in [0.2, 0.25) is 0 Å². The molecule has 7 aromatic rings. The van der Waals surface area contributed by atoms with Crippen molar-refractivity contribution in [3.05, 3.63) is 104 Å². The molecule has 0 saturated heterocycles. The molecule has 0 aliphatic heterocycles. The molecule has 0 atom stereocenters. The number of imidazole rings is 1. The van der Waals surface area contributed by atoms with Crippen molar-refractivity contribution in [2.45, 2.75) is 0 Å². The van der Waals surface area contributed by atoms with E-state index >= 15 is 0 Å². The smallest absolute Gasteiger partial charge is 0.135 e. The predicted octanol–water partition coefficient (Wildman–Crippen LogP) is 6.87. The minimum atomic E-state index is 0.887. The van der Waals surface area contributed by atoms with E-state index in [0.717, 1.165) is 33.3 Å². The van der Waals surface area contributed by atoms with Crippen LogP contribution >= 0.6 is 0 Å². The van der Waals surface area contributed by atoms with Crippen molar-refractivity contribution >= 4 is 43.7 Å². The van der Waals surface area contributed by atoms with Gasteiger partial charge >= 0.3 is 0 Å². The van der Waals surface area contributed by atoms with Crippen LogP contribution in [0.5, 0.6) is 0 Å². The Morgan fingerprint density at radius 1 is 0.613 bits per heavy atom. The molecule has 4 heteroatoms. The molecule has 0 radical (unpaired) electrons. The van der Waals surface area contributed by atoms with Crippen LogP contribution in [0.4, 0.5) is 0 Å². The van der Waals surface area contributed by atoms with Crippen molar-refractivity contribution in [1.29, 1.82) is 0 Å². The number of benzene rings is 4. The zero-order chi connectivity index (χ0) is 20.4. The first-order valence-electron chi connectivity index (χ1n) is 10.3. The van der Waals surface area contributed by atoms with Gasteiger partial charge in [0.1, 0.15) is 11.2 Å². The second kappa shape index (κ2) is 6.09. The number of nitrogens with zero attached hydrogens (tertiary/aromatic N) is 3. The maximum atomic E-state index is 6.14. The van der Waals surface area contributed by atoms with E-state index in [2.05, 4.69) is 88.4 Å². The Labute approximate surface area is 177 Å². The number of rotatable bonds is 2. The number of furan rings is 1. The first kappa shape index (κ1) is 16.5. The zero-order valence-corrected chi connectivity index (χ0v) is 16.6. The second-order valence-electron chi connectivity index (χ2n) is 7.80. The standard InChI is InChI=1S/C27H17N3O/c1-3-7-24-20(5-1)21-6-2-4-8-25(21)30(24)19-10-12-27-23(16-19)22-15-18(9-11-26(22)31-27)29-14-13-28-17-29/h1-17H. The minimum Gasteiger partial charge on any atom is -0.456 e. The van der Waals surface area contributed by atoms with Gasteiger partial charge in [0.05, 0.1) is 17.4 Å². The molecule has 0 saturated carbocycles. The molecule has 146 valence electrons. The second-order valence-corrected chi connectivity index (χ2v) is 7.80.